The zero-order valence-electron chi connectivity index (χ0n) is 41.3. The molecule has 0 saturated heterocycles. The molecule has 3 heterocycles. The lowest BCUT2D eigenvalue weighted by atomic mass is 9.95. The number of isothiocyanates is 1. The lowest BCUT2D eigenvalue weighted by Crippen LogP contribution is -2.29. The summed E-state index contributed by atoms with van der Waals surface area (Å²) in [5.41, 5.74) is 10.1. The first-order valence-electron chi connectivity index (χ1n) is 25.3. The predicted octanol–water partition coefficient (Wildman–Crippen LogP) is 7.79. The average Bonchev–Trinajstić information content (AvgIpc) is 3.63. The van der Waals surface area contributed by atoms with Crippen LogP contribution in [0.25, 0.3) is 28.2 Å². The fourth-order valence-electron chi connectivity index (χ4n) is 9.81. The Morgan fingerprint density at radius 3 is 2.18 bits per heavy atom. The van der Waals surface area contributed by atoms with Gasteiger partial charge in [0, 0.05) is 43.1 Å². The molecule has 0 bridgehead atoms. The number of benzene rings is 3. The molecular weight excluding hydrogens is 933 g/mol. The first-order chi connectivity index (χ1) is 35.7. The molecule has 3 aliphatic rings. The Bertz CT molecular complexity index is 2540. The number of aryl methyl sites for hydroxylation is 1. The fraction of sp³-hybridized carbons (Fsp3) is 0.509. The number of hydrogen-bond donors (Lipinski definition) is 0. The van der Waals surface area contributed by atoms with E-state index in [0.29, 0.717) is 112 Å². The molecule has 1 saturated carbocycles. The van der Waals surface area contributed by atoms with Crippen LogP contribution >= 0.6 is 12.2 Å². The summed E-state index contributed by atoms with van der Waals surface area (Å²) in [7, 11) is 0. The smallest absolute Gasteiger partial charge is 0.121 e. The van der Waals surface area contributed by atoms with Gasteiger partial charge in [0.2, 0.25) is 0 Å². The van der Waals surface area contributed by atoms with Gasteiger partial charge in [-0.25, -0.2) is 9.36 Å². The first kappa shape index (κ1) is 52.8. The van der Waals surface area contributed by atoms with Crippen molar-refractivity contribution in [3.63, 3.8) is 0 Å². The zero-order valence-corrected chi connectivity index (χ0v) is 42.1. The molecule has 16 nitrogen and oxygen atoms in total. The lowest BCUT2D eigenvalue weighted by molar-refractivity contribution is -0.0826. The standard InChI is InChI=1S/C55H68N8O8S/c1-3-10-47-48-19-21-51-53(22-20-49(47)48)62(59-57-51)24-29-65-26-9-27-69-39-45(40-70-35-34-67-32-30-64-25-4-2)71-37-36-68-33-31-66-28-23-61-38-42-11-5-6-12-46(42)54-55(50-13-7-8-14-52(50)61)63(60-58-54)44-17-15-43(16-18-44)56-41-72/h2-3,5-8,11-18,45,47-49H,1,9-10,19-40H2. The summed E-state index contributed by atoms with van der Waals surface area (Å²) in [5, 5.41) is 20.8. The van der Waals surface area contributed by atoms with Crippen molar-refractivity contribution >= 4 is 28.8 Å². The van der Waals surface area contributed by atoms with Crippen molar-refractivity contribution < 1.29 is 37.9 Å². The number of nitrogens with zero attached hydrogens (tertiary/aromatic N) is 8. The Balaban J connectivity index is 0.744. The minimum atomic E-state index is -0.276. The van der Waals surface area contributed by atoms with E-state index in [4.69, 9.17) is 61.6 Å². The molecule has 2 aliphatic carbocycles. The Hall–Kier alpha value is -5.48. The second-order valence-electron chi connectivity index (χ2n) is 18.0. The number of hydrogen-bond acceptors (Lipinski definition) is 15. The minimum absolute atomic E-state index is 0.271. The third-order valence-electron chi connectivity index (χ3n) is 13.4. The number of aliphatic imine (C=N–C) groups is 1. The minimum Gasteiger partial charge on any atom is -0.379 e. The van der Waals surface area contributed by atoms with Crippen LogP contribution in [0.15, 0.2) is 90.4 Å². The third-order valence-corrected chi connectivity index (χ3v) is 13.5. The summed E-state index contributed by atoms with van der Waals surface area (Å²) in [6.45, 7) is 12.7. The van der Waals surface area contributed by atoms with E-state index in [-0.39, 0.29) is 12.7 Å². The van der Waals surface area contributed by atoms with E-state index in [0.717, 1.165) is 94.3 Å². The number of aromatic nitrogens is 6. The van der Waals surface area contributed by atoms with Crippen LogP contribution in [0.2, 0.25) is 0 Å². The highest BCUT2D eigenvalue weighted by molar-refractivity contribution is 7.78. The first-order valence-corrected chi connectivity index (χ1v) is 25.8. The van der Waals surface area contributed by atoms with Crippen molar-refractivity contribution in [1.29, 1.82) is 0 Å². The number of fused-ring (bicyclic) bond motifs is 7. The van der Waals surface area contributed by atoms with E-state index < -0.39 is 0 Å². The third kappa shape index (κ3) is 14.8. The average molecular weight is 1000 g/mol. The maximum Gasteiger partial charge on any atom is 0.121 e. The highest BCUT2D eigenvalue weighted by Gasteiger charge is 2.48. The molecule has 0 N–H and O–H groups in total. The van der Waals surface area contributed by atoms with Gasteiger partial charge in [-0.05, 0) is 104 Å². The summed E-state index contributed by atoms with van der Waals surface area (Å²) >= 11 is 4.81. The quantitative estimate of drug-likeness (QED) is 0.0136. The molecule has 72 heavy (non-hydrogen) atoms. The Morgan fingerprint density at radius 2 is 1.39 bits per heavy atom. The van der Waals surface area contributed by atoms with Crippen LogP contribution in [0, 0.1) is 30.1 Å². The van der Waals surface area contributed by atoms with Crippen LogP contribution < -0.4 is 4.90 Å². The predicted molar refractivity (Wildman–Crippen MR) is 279 cm³/mol. The van der Waals surface area contributed by atoms with Gasteiger partial charge in [0.25, 0.3) is 0 Å². The van der Waals surface area contributed by atoms with Crippen LogP contribution in [0.1, 0.15) is 42.6 Å². The van der Waals surface area contributed by atoms with Gasteiger partial charge in [-0.2, -0.15) is 4.99 Å². The molecule has 1 fully saturated rings. The molecule has 0 radical (unpaired) electrons. The summed E-state index contributed by atoms with van der Waals surface area (Å²) in [4.78, 5) is 6.47. The number of terminal acetylenes is 1. The van der Waals surface area contributed by atoms with Crippen LogP contribution in [-0.4, -0.2) is 147 Å². The van der Waals surface area contributed by atoms with Gasteiger partial charge >= 0.3 is 0 Å². The SMILES string of the molecule is C#CCOCCOCCOCC(COCCCOCCn1nnc2c1CCC1C(CC=C)C1CC2)OCCOCCOCCN1Cc2ccccc2-c2nnn(-c3ccc(N=C=S)cc3)c2-c2ccccc21. The maximum atomic E-state index is 6.18. The van der Waals surface area contributed by atoms with E-state index in [9.17, 15) is 0 Å². The van der Waals surface area contributed by atoms with Gasteiger partial charge in [0.1, 0.15) is 24.1 Å². The number of anilines is 1. The second kappa shape index (κ2) is 28.7. The molecular formula is C55H68N8O8S. The summed E-state index contributed by atoms with van der Waals surface area (Å²) < 4.78 is 51.0. The van der Waals surface area contributed by atoms with E-state index in [2.05, 4.69) is 90.2 Å². The van der Waals surface area contributed by atoms with E-state index in [1.54, 1.807) is 0 Å². The van der Waals surface area contributed by atoms with Crippen LogP contribution in [0.5, 0.6) is 0 Å². The van der Waals surface area contributed by atoms with Crippen LogP contribution in [-0.2, 0) is 63.8 Å². The van der Waals surface area contributed by atoms with Crippen LogP contribution in [0.4, 0.5) is 11.4 Å². The van der Waals surface area contributed by atoms with Crippen molar-refractivity contribution in [2.75, 3.05) is 111 Å². The molecule has 0 amide bonds. The number of para-hydroxylation sites is 1. The van der Waals surface area contributed by atoms with Gasteiger partial charge < -0.3 is 42.8 Å². The molecule has 4 unspecified atom stereocenters. The number of thiocarbonyl (C=S) groups is 1. The fourth-order valence-corrected chi connectivity index (χ4v) is 9.92. The number of ether oxygens (including phenoxy) is 8. The molecule has 1 aliphatic heterocycles. The largest absolute Gasteiger partial charge is 0.379 e. The highest BCUT2D eigenvalue weighted by atomic mass is 32.1. The summed E-state index contributed by atoms with van der Waals surface area (Å²) in [6, 6.07) is 24.5. The Labute approximate surface area is 429 Å². The Kier molecular flexibility index (Phi) is 21.0. The topological polar surface area (TPSA) is 151 Å². The molecule has 8 rings (SSSR count). The molecule has 382 valence electrons. The van der Waals surface area contributed by atoms with Gasteiger partial charge in [0.05, 0.1) is 114 Å². The Morgan fingerprint density at radius 1 is 0.722 bits per heavy atom. The van der Waals surface area contributed by atoms with Crippen molar-refractivity contribution in [2.24, 2.45) is 22.7 Å². The van der Waals surface area contributed by atoms with E-state index >= 15 is 0 Å². The summed E-state index contributed by atoms with van der Waals surface area (Å²) in [6.07, 6.45) is 13.4. The molecule has 4 atom stereocenters. The molecule has 3 aromatic carbocycles. The molecule has 2 aromatic heterocycles. The number of rotatable bonds is 32. The van der Waals surface area contributed by atoms with Crippen molar-refractivity contribution in [1.82, 2.24) is 30.0 Å². The van der Waals surface area contributed by atoms with E-state index in [1.807, 2.05) is 41.1 Å². The molecule has 5 aromatic rings. The van der Waals surface area contributed by atoms with E-state index in [1.165, 1.54) is 18.5 Å². The molecule has 0 spiro atoms. The van der Waals surface area contributed by atoms with Gasteiger partial charge in [-0.15, -0.1) is 23.2 Å². The van der Waals surface area contributed by atoms with Gasteiger partial charge in [0.15, 0.2) is 0 Å². The monoisotopic (exact) mass is 1000 g/mol. The van der Waals surface area contributed by atoms with Gasteiger partial charge in [-0.1, -0.05) is 64.9 Å². The second-order valence-corrected chi connectivity index (χ2v) is 18.2. The maximum absolute atomic E-state index is 6.18. The van der Waals surface area contributed by atoms with Crippen molar-refractivity contribution in [2.45, 2.75) is 57.7 Å². The zero-order chi connectivity index (χ0) is 49.6. The van der Waals surface area contributed by atoms with Gasteiger partial charge in [-0.3, -0.25) is 0 Å². The van der Waals surface area contributed by atoms with Crippen LogP contribution in [0.3, 0.4) is 0 Å². The van der Waals surface area contributed by atoms with Crippen molar-refractivity contribution in [3.05, 3.63) is 102 Å². The normalized spacial score (nSPS) is 17.1. The number of allylic oxidation sites excluding steroid dienone is 1. The highest BCUT2D eigenvalue weighted by Crippen LogP contribution is 2.54. The molecule has 17 heteroatoms. The summed E-state index contributed by atoms with van der Waals surface area (Å²) in [5.74, 6) is 4.91. The van der Waals surface area contributed by atoms with Crippen molar-refractivity contribution in [3.8, 4) is 40.5 Å². The lowest BCUT2D eigenvalue weighted by Gasteiger charge is -2.30.